The summed E-state index contributed by atoms with van der Waals surface area (Å²) >= 11 is 0. The number of alkyl halides is 2. The first-order valence-electron chi connectivity index (χ1n) is 8.17. The van der Waals surface area contributed by atoms with E-state index in [9.17, 15) is 13.6 Å². The summed E-state index contributed by atoms with van der Waals surface area (Å²) < 4.78 is 40.5. The molecule has 0 saturated carbocycles. The molecule has 3 aromatic rings. The molecule has 2 aromatic carbocycles. The topological polar surface area (TPSA) is 60.7 Å². The van der Waals surface area contributed by atoms with Crippen LogP contribution in [0.5, 0.6) is 11.5 Å². The lowest BCUT2D eigenvalue weighted by atomic mass is 9.99. The van der Waals surface area contributed by atoms with Crippen LogP contribution in [-0.4, -0.2) is 12.2 Å². The number of anilines is 1. The van der Waals surface area contributed by atoms with E-state index in [0.29, 0.717) is 11.3 Å². The number of hydrogen-bond acceptors (Lipinski definition) is 4. The Kier molecular flexibility index (Phi) is 3.87. The molecular formula is C20H15F2NO4. The number of ether oxygens (including phenoxy) is 2. The minimum absolute atomic E-state index is 0.00610. The van der Waals surface area contributed by atoms with Crippen molar-refractivity contribution in [2.45, 2.75) is 20.1 Å². The molecule has 1 N–H and O–H groups in total. The van der Waals surface area contributed by atoms with Gasteiger partial charge in [-0.2, -0.15) is 0 Å². The molecule has 0 aliphatic carbocycles. The minimum atomic E-state index is -3.65. The van der Waals surface area contributed by atoms with Crippen molar-refractivity contribution in [3.63, 3.8) is 0 Å². The van der Waals surface area contributed by atoms with Gasteiger partial charge < -0.3 is 19.2 Å². The number of carbonyl (C=O) groups is 1. The first-order valence-corrected chi connectivity index (χ1v) is 8.17. The van der Waals surface area contributed by atoms with Crippen LogP contribution in [-0.2, 0) is 0 Å². The van der Waals surface area contributed by atoms with Crippen LogP contribution in [0.2, 0.25) is 0 Å². The van der Waals surface area contributed by atoms with Crippen molar-refractivity contribution in [2.75, 3.05) is 5.32 Å². The number of hydrogen-bond donors (Lipinski definition) is 1. The van der Waals surface area contributed by atoms with Crippen molar-refractivity contribution in [2.24, 2.45) is 0 Å². The summed E-state index contributed by atoms with van der Waals surface area (Å²) in [6, 6.07) is 10.1. The number of carbonyl (C=O) groups excluding carboxylic acids is 1. The highest BCUT2D eigenvalue weighted by molar-refractivity contribution is 6.05. The van der Waals surface area contributed by atoms with E-state index in [2.05, 4.69) is 14.8 Å². The van der Waals surface area contributed by atoms with Crippen molar-refractivity contribution in [3.8, 4) is 22.6 Å². The van der Waals surface area contributed by atoms with Gasteiger partial charge in [-0.1, -0.05) is 12.1 Å². The van der Waals surface area contributed by atoms with Crippen LogP contribution < -0.4 is 14.8 Å². The second kappa shape index (κ2) is 6.12. The SMILES string of the molecule is Cc1cocc1C(=O)Nc1ccc(-c2cc3c(cc2C)OC(F)(F)O3)cc1. The molecule has 1 aliphatic rings. The van der Waals surface area contributed by atoms with Gasteiger partial charge in [-0.05, 0) is 60.4 Å². The predicted molar refractivity (Wildman–Crippen MR) is 94.2 cm³/mol. The molecular weight excluding hydrogens is 356 g/mol. The molecule has 1 aromatic heterocycles. The highest BCUT2D eigenvalue weighted by Crippen LogP contribution is 2.44. The number of fused-ring (bicyclic) bond motifs is 1. The minimum Gasteiger partial charge on any atom is -0.471 e. The summed E-state index contributed by atoms with van der Waals surface area (Å²) in [5, 5.41) is 2.79. The van der Waals surface area contributed by atoms with Gasteiger partial charge in [0.2, 0.25) is 0 Å². The highest BCUT2D eigenvalue weighted by atomic mass is 19.3. The van der Waals surface area contributed by atoms with Crippen molar-refractivity contribution >= 4 is 11.6 Å². The number of nitrogens with one attached hydrogen (secondary N) is 1. The highest BCUT2D eigenvalue weighted by Gasteiger charge is 2.43. The van der Waals surface area contributed by atoms with Crippen LogP contribution in [0.1, 0.15) is 21.5 Å². The van der Waals surface area contributed by atoms with Crippen molar-refractivity contribution in [3.05, 3.63) is 65.6 Å². The van der Waals surface area contributed by atoms with E-state index in [1.807, 2.05) is 0 Å². The summed E-state index contributed by atoms with van der Waals surface area (Å²) in [7, 11) is 0. The fraction of sp³-hybridized carbons (Fsp3) is 0.150. The van der Waals surface area contributed by atoms with Gasteiger partial charge in [0.1, 0.15) is 6.26 Å². The fourth-order valence-electron chi connectivity index (χ4n) is 2.93. The first kappa shape index (κ1) is 17.1. The largest absolute Gasteiger partial charge is 0.586 e. The van der Waals surface area contributed by atoms with E-state index in [-0.39, 0.29) is 17.4 Å². The summed E-state index contributed by atoms with van der Waals surface area (Å²) in [6.07, 6.45) is -0.749. The molecule has 4 rings (SSSR count). The van der Waals surface area contributed by atoms with Gasteiger partial charge >= 0.3 is 6.29 Å². The average Bonchev–Trinajstić information content (AvgIpc) is 3.16. The Morgan fingerprint density at radius 3 is 2.26 bits per heavy atom. The zero-order chi connectivity index (χ0) is 19.2. The third-order valence-corrected chi connectivity index (χ3v) is 4.30. The molecule has 0 radical (unpaired) electrons. The summed E-state index contributed by atoms with van der Waals surface area (Å²) in [5.41, 5.74) is 4.11. The molecule has 7 heteroatoms. The molecule has 1 amide bonds. The molecule has 1 aliphatic heterocycles. The smallest absolute Gasteiger partial charge is 0.471 e. The molecule has 5 nitrogen and oxygen atoms in total. The Bertz CT molecular complexity index is 1020. The number of aryl methyl sites for hydroxylation is 2. The van der Waals surface area contributed by atoms with E-state index in [1.54, 1.807) is 38.1 Å². The van der Waals surface area contributed by atoms with Crippen LogP contribution in [0, 0.1) is 13.8 Å². The second-order valence-corrected chi connectivity index (χ2v) is 6.28. The molecule has 0 unspecified atom stereocenters. The maximum Gasteiger partial charge on any atom is 0.586 e. The van der Waals surface area contributed by atoms with Gasteiger partial charge in [-0.3, -0.25) is 4.79 Å². The van der Waals surface area contributed by atoms with Gasteiger partial charge in [0.15, 0.2) is 11.5 Å². The van der Waals surface area contributed by atoms with E-state index >= 15 is 0 Å². The van der Waals surface area contributed by atoms with E-state index in [1.165, 1.54) is 24.7 Å². The average molecular weight is 371 g/mol. The van der Waals surface area contributed by atoms with Crippen molar-refractivity contribution in [1.82, 2.24) is 0 Å². The predicted octanol–water partition coefficient (Wildman–Crippen LogP) is 5.14. The number of halogens is 2. The first-order chi connectivity index (χ1) is 12.8. The summed E-state index contributed by atoms with van der Waals surface area (Å²) in [6.45, 7) is 3.58. The molecule has 0 saturated heterocycles. The van der Waals surface area contributed by atoms with Crippen LogP contribution in [0.15, 0.2) is 53.3 Å². The number of amides is 1. The van der Waals surface area contributed by atoms with Crippen LogP contribution in [0.4, 0.5) is 14.5 Å². The lowest BCUT2D eigenvalue weighted by Gasteiger charge is -2.09. The zero-order valence-corrected chi connectivity index (χ0v) is 14.5. The van der Waals surface area contributed by atoms with Gasteiger partial charge in [0.25, 0.3) is 5.91 Å². The van der Waals surface area contributed by atoms with E-state index < -0.39 is 6.29 Å². The Morgan fingerprint density at radius 2 is 1.63 bits per heavy atom. The lowest BCUT2D eigenvalue weighted by molar-refractivity contribution is -0.286. The summed E-state index contributed by atoms with van der Waals surface area (Å²) in [4.78, 5) is 12.2. The molecule has 27 heavy (non-hydrogen) atoms. The van der Waals surface area contributed by atoms with E-state index in [4.69, 9.17) is 4.42 Å². The number of furan rings is 1. The van der Waals surface area contributed by atoms with Gasteiger partial charge in [-0.15, -0.1) is 8.78 Å². The molecule has 0 atom stereocenters. The lowest BCUT2D eigenvalue weighted by Crippen LogP contribution is -2.25. The maximum absolute atomic E-state index is 13.2. The Labute approximate surface area is 153 Å². The molecule has 0 fully saturated rings. The second-order valence-electron chi connectivity index (χ2n) is 6.28. The monoisotopic (exact) mass is 371 g/mol. The van der Waals surface area contributed by atoms with Crippen LogP contribution in [0.3, 0.4) is 0 Å². The van der Waals surface area contributed by atoms with Crippen molar-refractivity contribution in [1.29, 1.82) is 0 Å². The fourth-order valence-corrected chi connectivity index (χ4v) is 2.93. The van der Waals surface area contributed by atoms with Gasteiger partial charge in [-0.25, -0.2) is 0 Å². The Balaban J connectivity index is 1.57. The quantitative estimate of drug-likeness (QED) is 0.693. The number of benzene rings is 2. The Morgan fingerprint density at radius 1 is 0.963 bits per heavy atom. The molecule has 2 heterocycles. The maximum atomic E-state index is 13.2. The molecule has 0 spiro atoms. The van der Waals surface area contributed by atoms with Crippen LogP contribution >= 0.6 is 0 Å². The number of rotatable bonds is 3. The van der Waals surface area contributed by atoms with Crippen molar-refractivity contribution < 1.29 is 27.5 Å². The van der Waals surface area contributed by atoms with Gasteiger partial charge in [0, 0.05) is 5.69 Å². The third kappa shape index (κ3) is 3.23. The standard InChI is InChI=1S/C20H15F2NO4/c1-11-7-17-18(27-20(21,22)26-17)8-15(11)13-3-5-14(6-4-13)23-19(24)16-10-25-9-12(16)2/h3-10H,1-2H3,(H,23,24). The van der Waals surface area contributed by atoms with Crippen LogP contribution in [0.25, 0.3) is 11.1 Å². The normalized spacial score (nSPS) is 14.2. The third-order valence-electron chi connectivity index (χ3n) is 4.30. The molecule has 138 valence electrons. The zero-order valence-electron chi connectivity index (χ0n) is 14.5. The molecule has 0 bridgehead atoms. The Hall–Kier alpha value is -3.35. The summed E-state index contributed by atoms with van der Waals surface area (Å²) in [5.74, 6) is -0.260. The van der Waals surface area contributed by atoms with E-state index in [0.717, 1.165) is 22.3 Å². The van der Waals surface area contributed by atoms with Gasteiger partial charge in [0.05, 0.1) is 11.8 Å².